The molecule has 4 rings (SSSR count). The topological polar surface area (TPSA) is 62.2 Å². The highest BCUT2D eigenvalue weighted by atomic mass is 16.5. The Kier molecular flexibility index (Phi) is 7.16. The van der Waals surface area contributed by atoms with Crippen LogP contribution < -0.4 is 15.1 Å². The normalized spacial score (nSPS) is 17.6. The molecule has 0 amide bonds. The minimum Gasteiger partial charge on any atom is -0.476 e. The van der Waals surface area contributed by atoms with Crippen LogP contribution in [-0.2, 0) is 4.74 Å². The van der Waals surface area contributed by atoms with Crippen LogP contribution in [0.2, 0.25) is 0 Å². The highest BCUT2D eigenvalue weighted by Crippen LogP contribution is 2.25. The number of aryl methyl sites for hydroxylation is 1. The Morgan fingerprint density at radius 1 is 1.13 bits per heavy atom. The summed E-state index contributed by atoms with van der Waals surface area (Å²) in [6, 6.07) is 12.3. The third-order valence-electron chi connectivity index (χ3n) is 5.45. The quantitative estimate of drug-likeness (QED) is 0.534. The third-order valence-corrected chi connectivity index (χ3v) is 5.45. The highest BCUT2D eigenvalue weighted by Gasteiger charge is 2.15. The van der Waals surface area contributed by atoms with Gasteiger partial charge in [-0.05, 0) is 38.4 Å². The van der Waals surface area contributed by atoms with E-state index in [4.69, 9.17) is 9.47 Å². The SMILES string of the molecule is Cc1cccc(C=NNc2cc(N3CCOCC3)cc(OCCN3CCCC3)n2)c1. The van der Waals surface area contributed by atoms with Crippen molar-refractivity contribution in [2.75, 3.05) is 62.9 Å². The van der Waals surface area contributed by atoms with Crippen molar-refractivity contribution in [1.82, 2.24) is 9.88 Å². The van der Waals surface area contributed by atoms with Crippen LogP contribution in [-0.4, -0.2) is 68.6 Å². The van der Waals surface area contributed by atoms with Crippen LogP contribution >= 0.6 is 0 Å². The summed E-state index contributed by atoms with van der Waals surface area (Å²) < 4.78 is 11.5. The first-order valence-electron chi connectivity index (χ1n) is 10.8. The first-order valence-corrected chi connectivity index (χ1v) is 10.8. The van der Waals surface area contributed by atoms with E-state index in [1.807, 2.05) is 30.5 Å². The van der Waals surface area contributed by atoms with Gasteiger partial charge in [-0.25, -0.2) is 0 Å². The number of likely N-dealkylation sites (tertiary alicyclic amines) is 1. The number of morpholine rings is 1. The molecule has 3 heterocycles. The van der Waals surface area contributed by atoms with Gasteiger partial charge in [-0.1, -0.05) is 29.8 Å². The zero-order chi connectivity index (χ0) is 20.6. The minimum absolute atomic E-state index is 0.631. The van der Waals surface area contributed by atoms with Crippen LogP contribution in [0.4, 0.5) is 11.5 Å². The van der Waals surface area contributed by atoms with Crippen molar-refractivity contribution >= 4 is 17.7 Å². The molecule has 7 heteroatoms. The molecule has 2 aliphatic heterocycles. The highest BCUT2D eigenvalue weighted by molar-refractivity contribution is 5.80. The Morgan fingerprint density at radius 2 is 1.97 bits per heavy atom. The van der Waals surface area contributed by atoms with Crippen LogP contribution in [0.5, 0.6) is 5.88 Å². The van der Waals surface area contributed by atoms with Crippen molar-refractivity contribution < 1.29 is 9.47 Å². The molecule has 0 aliphatic carbocycles. The fourth-order valence-corrected chi connectivity index (χ4v) is 3.84. The lowest BCUT2D eigenvalue weighted by molar-refractivity contribution is 0.122. The van der Waals surface area contributed by atoms with E-state index >= 15 is 0 Å². The third kappa shape index (κ3) is 5.93. The maximum Gasteiger partial charge on any atom is 0.217 e. The predicted octanol–water partition coefficient (Wildman–Crippen LogP) is 3.15. The van der Waals surface area contributed by atoms with Crippen LogP contribution in [0.3, 0.4) is 0 Å². The smallest absolute Gasteiger partial charge is 0.217 e. The predicted molar refractivity (Wildman–Crippen MR) is 121 cm³/mol. The van der Waals surface area contributed by atoms with E-state index in [1.54, 1.807) is 0 Å². The molecule has 0 unspecified atom stereocenters. The molecule has 0 atom stereocenters. The van der Waals surface area contributed by atoms with Crippen molar-refractivity contribution in [3.63, 3.8) is 0 Å². The van der Waals surface area contributed by atoms with Crippen molar-refractivity contribution in [3.05, 3.63) is 47.5 Å². The molecule has 2 saturated heterocycles. The van der Waals surface area contributed by atoms with Gasteiger partial charge >= 0.3 is 0 Å². The molecular weight excluding hydrogens is 378 g/mol. The lowest BCUT2D eigenvalue weighted by Crippen LogP contribution is -2.36. The Hall–Kier alpha value is -2.64. The summed E-state index contributed by atoms with van der Waals surface area (Å²) >= 11 is 0. The molecule has 0 bridgehead atoms. The van der Waals surface area contributed by atoms with Gasteiger partial charge in [-0.15, -0.1) is 0 Å². The lowest BCUT2D eigenvalue weighted by Gasteiger charge is -2.29. The van der Waals surface area contributed by atoms with Crippen molar-refractivity contribution in [2.45, 2.75) is 19.8 Å². The number of nitrogens with one attached hydrogen (secondary N) is 1. The second-order valence-corrected chi connectivity index (χ2v) is 7.83. The van der Waals surface area contributed by atoms with Gasteiger partial charge in [-0.3, -0.25) is 10.3 Å². The number of hydrogen-bond donors (Lipinski definition) is 1. The summed E-state index contributed by atoms with van der Waals surface area (Å²) in [5.74, 6) is 1.31. The molecule has 2 aromatic rings. The monoisotopic (exact) mass is 409 g/mol. The summed E-state index contributed by atoms with van der Waals surface area (Å²) in [4.78, 5) is 9.36. The number of anilines is 2. The van der Waals surface area contributed by atoms with E-state index in [9.17, 15) is 0 Å². The maximum atomic E-state index is 6.02. The number of aromatic nitrogens is 1. The summed E-state index contributed by atoms with van der Waals surface area (Å²) in [5, 5.41) is 4.38. The van der Waals surface area contributed by atoms with E-state index in [0.29, 0.717) is 18.3 Å². The molecule has 1 aromatic heterocycles. The number of hydrogen-bond acceptors (Lipinski definition) is 7. The van der Waals surface area contributed by atoms with Gasteiger partial charge in [0.05, 0.1) is 19.4 Å². The summed E-state index contributed by atoms with van der Waals surface area (Å²) in [5.41, 5.74) is 6.41. The summed E-state index contributed by atoms with van der Waals surface area (Å²) in [7, 11) is 0. The number of hydrazone groups is 1. The zero-order valence-corrected chi connectivity index (χ0v) is 17.7. The summed E-state index contributed by atoms with van der Waals surface area (Å²) in [6.07, 6.45) is 4.39. The molecule has 7 nitrogen and oxygen atoms in total. The standard InChI is InChI=1S/C23H31N5O2/c1-19-5-4-6-20(15-19)18-24-26-22-16-21(28-10-12-29-13-11-28)17-23(25-22)30-14-9-27-7-2-3-8-27/h4-6,15-18H,2-3,7-14H2,1H3,(H,25,26). The van der Waals surface area contributed by atoms with E-state index in [2.05, 4.69) is 44.4 Å². The number of rotatable bonds is 8. The van der Waals surface area contributed by atoms with Crippen LogP contribution in [0.1, 0.15) is 24.0 Å². The lowest BCUT2D eigenvalue weighted by atomic mass is 10.2. The van der Waals surface area contributed by atoms with E-state index in [1.165, 1.54) is 31.5 Å². The van der Waals surface area contributed by atoms with Crippen LogP contribution in [0, 0.1) is 6.92 Å². The maximum absolute atomic E-state index is 6.02. The first-order chi connectivity index (χ1) is 14.8. The molecular formula is C23H31N5O2. The van der Waals surface area contributed by atoms with Crippen LogP contribution in [0.15, 0.2) is 41.5 Å². The van der Waals surface area contributed by atoms with Gasteiger partial charge in [-0.2, -0.15) is 10.1 Å². The number of pyridine rings is 1. The minimum atomic E-state index is 0.631. The molecule has 1 aromatic carbocycles. The molecule has 160 valence electrons. The Labute approximate surface area is 178 Å². The number of nitrogens with zero attached hydrogens (tertiary/aromatic N) is 4. The zero-order valence-electron chi connectivity index (χ0n) is 17.7. The molecule has 0 saturated carbocycles. The van der Waals surface area contributed by atoms with Gasteiger partial charge < -0.3 is 14.4 Å². The van der Waals surface area contributed by atoms with Gasteiger partial charge in [0.15, 0.2) is 5.82 Å². The molecule has 1 N–H and O–H groups in total. The second-order valence-electron chi connectivity index (χ2n) is 7.83. The van der Waals surface area contributed by atoms with Crippen molar-refractivity contribution in [1.29, 1.82) is 0 Å². The average Bonchev–Trinajstić information content (AvgIpc) is 3.28. The Balaban J connectivity index is 1.44. The summed E-state index contributed by atoms with van der Waals surface area (Å²) in [6.45, 7) is 9.21. The fourth-order valence-electron chi connectivity index (χ4n) is 3.84. The van der Waals surface area contributed by atoms with Crippen molar-refractivity contribution in [3.8, 4) is 5.88 Å². The van der Waals surface area contributed by atoms with E-state index in [-0.39, 0.29) is 0 Å². The molecule has 30 heavy (non-hydrogen) atoms. The molecule has 0 radical (unpaired) electrons. The van der Waals surface area contributed by atoms with Crippen LogP contribution in [0.25, 0.3) is 0 Å². The Morgan fingerprint density at radius 3 is 2.77 bits per heavy atom. The van der Waals surface area contributed by atoms with Gasteiger partial charge in [0.25, 0.3) is 0 Å². The second kappa shape index (κ2) is 10.4. The number of ether oxygens (including phenoxy) is 2. The number of benzene rings is 1. The fraction of sp³-hybridized carbons (Fsp3) is 0.478. The van der Waals surface area contributed by atoms with Gasteiger partial charge in [0.2, 0.25) is 5.88 Å². The van der Waals surface area contributed by atoms with Gasteiger partial charge in [0, 0.05) is 37.5 Å². The van der Waals surface area contributed by atoms with Gasteiger partial charge in [0.1, 0.15) is 6.61 Å². The Bertz CT molecular complexity index is 845. The first kappa shape index (κ1) is 20.6. The van der Waals surface area contributed by atoms with E-state index in [0.717, 1.165) is 44.1 Å². The van der Waals surface area contributed by atoms with Crippen molar-refractivity contribution in [2.24, 2.45) is 5.10 Å². The molecule has 0 spiro atoms. The average molecular weight is 410 g/mol. The largest absolute Gasteiger partial charge is 0.476 e. The molecule has 2 fully saturated rings. The van der Waals surface area contributed by atoms with E-state index < -0.39 is 0 Å². The molecule has 2 aliphatic rings.